The third kappa shape index (κ3) is 8.26. The van der Waals surface area contributed by atoms with Crippen LogP contribution in [0.4, 0.5) is 4.79 Å². The van der Waals surface area contributed by atoms with Gasteiger partial charge in [0.05, 0.1) is 44.2 Å². The molecule has 5 aliphatic rings. The van der Waals surface area contributed by atoms with Crippen molar-refractivity contribution in [3.63, 3.8) is 0 Å². The minimum absolute atomic E-state index is 0.00645. The Kier molecular flexibility index (Phi) is 10.9. The summed E-state index contributed by atoms with van der Waals surface area (Å²) >= 11 is 0. The first-order chi connectivity index (χ1) is 27.1. The van der Waals surface area contributed by atoms with Crippen molar-refractivity contribution in [3.05, 3.63) is 42.5 Å². The standard InChI is InChI=1S/C40H51N5O11S/c1-7-24-18-40(24,37(48)44-57(50,51)26-12-13-26)43-35(46)29-15-25-19-45(29)36(47)34(39(3,4)5)42-38(49)56-32-21-53-20-23(32)11-9-10-22-14-27-28(16-30(22)52-6)41-33(54-8-2)17-31(27)55-25/h7,9-10,14,16-17,23-26,29,32,34H,1,8,11-13,15,18-21H2,2-6H3,(H,42,49)(H,43,46)(H,44,48)/b10-9+/t23-,24-,25+,29-,32-,34+,40+/m0/s1. The minimum atomic E-state index is -3.92. The van der Waals surface area contributed by atoms with Crippen LogP contribution in [0.3, 0.4) is 0 Å². The molecule has 308 valence electrons. The van der Waals surface area contributed by atoms with E-state index >= 15 is 0 Å². The van der Waals surface area contributed by atoms with Crippen molar-refractivity contribution in [1.82, 2.24) is 25.2 Å². The van der Waals surface area contributed by atoms with E-state index in [-0.39, 0.29) is 31.9 Å². The second-order valence-electron chi connectivity index (χ2n) is 16.5. The van der Waals surface area contributed by atoms with Crippen LogP contribution in [-0.2, 0) is 33.9 Å². The lowest BCUT2D eigenvalue weighted by molar-refractivity contribution is -0.143. The predicted molar refractivity (Wildman–Crippen MR) is 208 cm³/mol. The van der Waals surface area contributed by atoms with Gasteiger partial charge in [-0.2, -0.15) is 0 Å². The lowest BCUT2D eigenvalue weighted by atomic mass is 9.85. The molecular formula is C40H51N5O11S. The molecule has 1 aromatic carbocycles. The van der Waals surface area contributed by atoms with E-state index in [4.69, 9.17) is 23.7 Å². The fourth-order valence-corrected chi connectivity index (χ4v) is 9.18. The Bertz CT molecular complexity index is 2100. The van der Waals surface area contributed by atoms with Crippen LogP contribution in [0.25, 0.3) is 17.0 Å². The summed E-state index contributed by atoms with van der Waals surface area (Å²) in [7, 11) is -2.36. The van der Waals surface area contributed by atoms with Gasteiger partial charge in [-0.3, -0.25) is 19.1 Å². The number of sulfonamides is 1. The Balaban J connectivity index is 1.28. The number of nitrogens with one attached hydrogen (secondary N) is 3. The van der Waals surface area contributed by atoms with Crippen LogP contribution < -0.4 is 29.6 Å². The smallest absolute Gasteiger partial charge is 0.408 e. The number of fused-ring (bicyclic) bond motifs is 4. The maximum atomic E-state index is 14.7. The number of methoxy groups -OCH3 is 1. The van der Waals surface area contributed by atoms with E-state index in [1.165, 1.54) is 11.0 Å². The highest BCUT2D eigenvalue weighted by Gasteiger charge is 2.62. The summed E-state index contributed by atoms with van der Waals surface area (Å²) in [5.41, 5.74) is -1.16. The molecule has 4 fully saturated rings. The summed E-state index contributed by atoms with van der Waals surface area (Å²) in [4.78, 5) is 62.4. The van der Waals surface area contributed by atoms with Crippen molar-refractivity contribution < 1.29 is 51.3 Å². The summed E-state index contributed by atoms with van der Waals surface area (Å²) in [6.45, 7) is 11.8. The van der Waals surface area contributed by atoms with Gasteiger partial charge in [0.25, 0.3) is 5.91 Å². The summed E-state index contributed by atoms with van der Waals surface area (Å²) in [5.74, 6) is -1.56. The van der Waals surface area contributed by atoms with Gasteiger partial charge >= 0.3 is 6.09 Å². The van der Waals surface area contributed by atoms with E-state index < -0.39 is 80.3 Å². The van der Waals surface area contributed by atoms with Gasteiger partial charge in [-0.15, -0.1) is 6.58 Å². The van der Waals surface area contributed by atoms with Crippen molar-refractivity contribution in [3.8, 4) is 17.4 Å². The molecule has 4 amide bonds. The van der Waals surface area contributed by atoms with Gasteiger partial charge in [-0.05, 0) is 44.1 Å². The number of aromatic nitrogens is 1. The average molecular weight is 810 g/mol. The first-order valence-electron chi connectivity index (χ1n) is 19.4. The number of hydrogen-bond acceptors (Lipinski definition) is 12. The summed E-state index contributed by atoms with van der Waals surface area (Å²) in [6, 6.07) is 3.00. The molecule has 0 unspecified atom stereocenters. The SMILES string of the molecule is C=C[C@H]1C[C@]1(NC(=O)[C@@H]1C[C@@H]2CN1C(=O)[C@H](C(C)(C)C)NC(=O)O[C@H]1COC[C@@H]1C/C=C/c1cc3c(cc(OCC)nc3cc1OC)O2)C(=O)NS(=O)(=O)C1CC1. The molecule has 0 spiro atoms. The third-order valence-corrected chi connectivity index (χ3v) is 13.1. The molecule has 2 saturated carbocycles. The number of amides is 4. The Morgan fingerprint density at radius 3 is 2.60 bits per heavy atom. The monoisotopic (exact) mass is 809 g/mol. The van der Waals surface area contributed by atoms with Crippen LogP contribution in [-0.4, -0.2) is 111 Å². The molecule has 57 heavy (non-hydrogen) atoms. The highest BCUT2D eigenvalue weighted by atomic mass is 32.2. The zero-order valence-electron chi connectivity index (χ0n) is 32.9. The van der Waals surface area contributed by atoms with E-state index in [1.807, 2.05) is 25.1 Å². The number of rotatable bonds is 9. The van der Waals surface area contributed by atoms with Crippen molar-refractivity contribution in [1.29, 1.82) is 0 Å². The zero-order valence-corrected chi connectivity index (χ0v) is 33.7. The normalized spacial score (nSPS) is 29.5. The Morgan fingerprint density at radius 2 is 1.93 bits per heavy atom. The third-order valence-electron chi connectivity index (χ3n) is 11.3. The van der Waals surface area contributed by atoms with Crippen LogP contribution in [0.2, 0.25) is 0 Å². The van der Waals surface area contributed by atoms with Gasteiger partial charge in [0.1, 0.15) is 41.3 Å². The minimum Gasteiger partial charge on any atom is -0.496 e. The molecule has 7 rings (SSSR count). The van der Waals surface area contributed by atoms with Crippen LogP contribution in [0.1, 0.15) is 65.4 Å². The number of ether oxygens (including phenoxy) is 5. The largest absolute Gasteiger partial charge is 0.496 e. The number of allylic oxidation sites excluding steroid dienone is 1. The lowest BCUT2D eigenvalue weighted by Crippen LogP contribution is -2.60. The fraction of sp³-hybridized carbons (Fsp3) is 0.575. The molecule has 0 radical (unpaired) electrons. The van der Waals surface area contributed by atoms with E-state index in [1.54, 1.807) is 40.0 Å². The molecule has 17 heteroatoms. The summed E-state index contributed by atoms with van der Waals surface area (Å²) in [5, 5.41) is 5.56. The molecule has 3 N–H and O–H groups in total. The van der Waals surface area contributed by atoms with Crippen molar-refractivity contribution >= 4 is 50.8 Å². The molecule has 2 aliphatic carbocycles. The number of carbonyl (C=O) groups is 4. The van der Waals surface area contributed by atoms with Crippen molar-refractivity contribution in [2.75, 3.05) is 33.5 Å². The van der Waals surface area contributed by atoms with Crippen molar-refractivity contribution in [2.45, 2.75) is 94.9 Å². The lowest BCUT2D eigenvalue weighted by Gasteiger charge is -2.35. The molecule has 1 aromatic heterocycles. The Morgan fingerprint density at radius 1 is 1.16 bits per heavy atom. The van der Waals surface area contributed by atoms with E-state index in [9.17, 15) is 27.6 Å². The quantitative estimate of drug-likeness (QED) is 0.313. The summed E-state index contributed by atoms with van der Waals surface area (Å²) < 4.78 is 57.5. The molecule has 4 heterocycles. The number of pyridine rings is 1. The molecule has 2 aromatic rings. The van der Waals surface area contributed by atoms with Gasteiger partial charge in [0.2, 0.25) is 27.7 Å². The molecule has 7 atom stereocenters. The highest BCUT2D eigenvalue weighted by molar-refractivity contribution is 7.91. The van der Waals surface area contributed by atoms with Gasteiger partial charge in [-0.25, -0.2) is 18.2 Å². The van der Waals surface area contributed by atoms with E-state index in [0.29, 0.717) is 60.8 Å². The number of nitrogens with zero attached hydrogens (tertiary/aromatic N) is 2. The Hall–Kier alpha value is -4.90. The first-order valence-corrected chi connectivity index (χ1v) is 21.0. The molecule has 3 aliphatic heterocycles. The van der Waals surface area contributed by atoms with Gasteiger partial charge < -0.3 is 39.2 Å². The highest BCUT2D eigenvalue weighted by Crippen LogP contribution is 2.46. The average Bonchev–Trinajstić information content (AvgIpc) is 4.05. The van der Waals surface area contributed by atoms with Gasteiger partial charge in [0, 0.05) is 41.3 Å². The Labute approximate surface area is 332 Å². The second-order valence-corrected chi connectivity index (χ2v) is 18.5. The number of carbonyl (C=O) groups excluding carboxylic acids is 4. The second kappa shape index (κ2) is 15.5. The predicted octanol–water partition coefficient (Wildman–Crippen LogP) is 3.23. The maximum absolute atomic E-state index is 14.7. The fourth-order valence-electron chi connectivity index (χ4n) is 7.82. The van der Waals surface area contributed by atoms with Gasteiger partial charge in [0.15, 0.2) is 0 Å². The number of alkyl carbamates (subject to hydrolysis) is 1. The molecule has 2 saturated heterocycles. The van der Waals surface area contributed by atoms with Crippen molar-refractivity contribution in [2.24, 2.45) is 17.3 Å². The zero-order chi connectivity index (χ0) is 40.9. The molecular weight excluding hydrogens is 759 g/mol. The van der Waals surface area contributed by atoms with Crippen LogP contribution in [0, 0.1) is 17.3 Å². The first kappa shape index (κ1) is 40.3. The summed E-state index contributed by atoms with van der Waals surface area (Å²) in [6.07, 6.45) is 4.77. The van der Waals surface area contributed by atoms with E-state index in [2.05, 4.69) is 26.9 Å². The van der Waals surface area contributed by atoms with Crippen LogP contribution >= 0.6 is 0 Å². The maximum Gasteiger partial charge on any atom is 0.408 e. The molecule has 4 bridgehead atoms. The number of hydrogen-bond donors (Lipinski definition) is 3. The van der Waals surface area contributed by atoms with Crippen LogP contribution in [0.5, 0.6) is 17.4 Å². The topological polar surface area (TPSA) is 201 Å². The van der Waals surface area contributed by atoms with Crippen LogP contribution in [0.15, 0.2) is 36.9 Å². The van der Waals surface area contributed by atoms with Gasteiger partial charge in [-0.1, -0.05) is 39.0 Å². The molecule has 16 nitrogen and oxygen atoms in total. The number of benzene rings is 1. The van der Waals surface area contributed by atoms with E-state index in [0.717, 1.165) is 5.56 Å².